The molecular formula is C10H7Br2FN2. The smallest absolute Gasteiger partial charge is 0.161 e. The molecule has 0 fully saturated rings. The summed E-state index contributed by atoms with van der Waals surface area (Å²) >= 11 is 6.19. The third-order valence-corrected chi connectivity index (χ3v) is 2.73. The van der Waals surface area contributed by atoms with Crippen molar-refractivity contribution >= 4 is 37.5 Å². The van der Waals surface area contributed by atoms with Gasteiger partial charge in [-0.1, -0.05) is 22.5 Å². The molecule has 0 heterocycles. The molecule has 0 spiro atoms. The van der Waals surface area contributed by atoms with Gasteiger partial charge in [-0.15, -0.1) is 0 Å². The van der Waals surface area contributed by atoms with Crippen LogP contribution in [-0.2, 0) is 0 Å². The summed E-state index contributed by atoms with van der Waals surface area (Å²) in [6.45, 7) is 4.05. The number of halogens is 3. The summed E-state index contributed by atoms with van der Waals surface area (Å²) in [6.07, 6.45) is 0. The fraction of sp³-hybridized carbons (Fsp3) is 0.100. The van der Waals surface area contributed by atoms with Gasteiger partial charge in [-0.2, -0.15) is 5.26 Å². The van der Waals surface area contributed by atoms with Crippen LogP contribution >= 0.6 is 31.9 Å². The van der Waals surface area contributed by atoms with Crippen molar-refractivity contribution in [3.05, 3.63) is 39.0 Å². The van der Waals surface area contributed by atoms with Crippen LogP contribution in [0.15, 0.2) is 27.7 Å². The van der Waals surface area contributed by atoms with Crippen LogP contribution in [0.3, 0.4) is 0 Å². The first-order chi connectivity index (χ1) is 7.06. The molecule has 0 aromatic heterocycles. The van der Waals surface area contributed by atoms with Crippen molar-refractivity contribution in [1.29, 1.82) is 5.26 Å². The molecule has 1 rings (SSSR count). The molecule has 15 heavy (non-hydrogen) atoms. The van der Waals surface area contributed by atoms with Crippen LogP contribution in [0.1, 0.15) is 5.56 Å². The molecule has 0 atom stereocenters. The van der Waals surface area contributed by atoms with Crippen LogP contribution in [0.2, 0.25) is 0 Å². The molecule has 1 N–H and O–H groups in total. The maximum atomic E-state index is 13.6. The van der Waals surface area contributed by atoms with E-state index < -0.39 is 5.82 Å². The van der Waals surface area contributed by atoms with Crippen LogP contribution in [0, 0.1) is 17.1 Å². The average Bonchev–Trinajstić information content (AvgIpc) is 2.20. The minimum atomic E-state index is -0.470. The van der Waals surface area contributed by atoms with Gasteiger partial charge < -0.3 is 5.32 Å². The lowest BCUT2D eigenvalue weighted by Crippen LogP contribution is -2.03. The van der Waals surface area contributed by atoms with Crippen LogP contribution in [0.25, 0.3) is 0 Å². The molecule has 0 radical (unpaired) electrons. The Bertz CT molecular complexity index is 438. The van der Waals surface area contributed by atoms with Gasteiger partial charge in [0, 0.05) is 11.0 Å². The number of benzene rings is 1. The molecule has 0 saturated heterocycles. The lowest BCUT2D eigenvalue weighted by molar-refractivity contribution is 0.623. The van der Waals surface area contributed by atoms with E-state index in [4.69, 9.17) is 5.26 Å². The minimum Gasteiger partial charge on any atom is -0.378 e. The van der Waals surface area contributed by atoms with Gasteiger partial charge in [0.15, 0.2) is 5.82 Å². The highest BCUT2D eigenvalue weighted by molar-refractivity contribution is 9.11. The van der Waals surface area contributed by atoms with Crippen LogP contribution in [-0.4, -0.2) is 6.54 Å². The summed E-state index contributed by atoms with van der Waals surface area (Å²) in [4.78, 5) is 0. The zero-order chi connectivity index (χ0) is 11.4. The number of nitriles is 1. The zero-order valence-electron chi connectivity index (χ0n) is 7.65. The standard InChI is InChI=1S/C10H7Br2FN2/c1-6(11)5-15-8-3-2-7(4-14)9(12)10(8)13/h2-3,15H,1,5H2. The van der Waals surface area contributed by atoms with Gasteiger partial charge in [-0.3, -0.25) is 0 Å². The molecule has 0 aliphatic carbocycles. The minimum absolute atomic E-state index is 0.176. The molecule has 78 valence electrons. The molecule has 1 aromatic rings. The normalized spacial score (nSPS) is 9.47. The fourth-order valence-electron chi connectivity index (χ4n) is 0.963. The van der Waals surface area contributed by atoms with Gasteiger partial charge in [0.25, 0.3) is 0 Å². The Balaban J connectivity index is 2.98. The number of rotatable bonds is 3. The number of hydrogen-bond acceptors (Lipinski definition) is 2. The maximum absolute atomic E-state index is 13.6. The fourth-order valence-corrected chi connectivity index (χ4v) is 1.54. The van der Waals surface area contributed by atoms with E-state index in [1.807, 2.05) is 6.07 Å². The molecule has 0 amide bonds. The third kappa shape index (κ3) is 3.05. The summed E-state index contributed by atoms with van der Waals surface area (Å²) in [5.41, 5.74) is 0.609. The van der Waals surface area contributed by atoms with E-state index in [-0.39, 0.29) is 10.0 Å². The van der Waals surface area contributed by atoms with Crippen molar-refractivity contribution in [3.8, 4) is 6.07 Å². The number of nitrogens with one attached hydrogen (secondary N) is 1. The predicted octanol–water partition coefficient (Wildman–Crippen LogP) is 3.78. The van der Waals surface area contributed by atoms with Crippen molar-refractivity contribution < 1.29 is 4.39 Å². The molecule has 0 saturated carbocycles. The molecule has 0 aliphatic rings. The Kier molecular flexibility index (Phi) is 4.30. The Hall–Kier alpha value is -0.860. The Labute approximate surface area is 104 Å². The maximum Gasteiger partial charge on any atom is 0.161 e. The zero-order valence-corrected chi connectivity index (χ0v) is 10.8. The van der Waals surface area contributed by atoms with Crippen LogP contribution in [0.4, 0.5) is 10.1 Å². The molecule has 5 heteroatoms. The highest BCUT2D eigenvalue weighted by atomic mass is 79.9. The summed E-state index contributed by atoms with van der Waals surface area (Å²) in [7, 11) is 0. The largest absolute Gasteiger partial charge is 0.378 e. The number of hydrogen-bond donors (Lipinski definition) is 1. The van der Waals surface area contributed by atoms with Crippen LogP contribution < -0.4 is 5.32 Å². The van der Waals surface area contributed by atoms with Crippen LogP contribution in [0.5, 0.6) is 0 Å². The Morgan fingerprint density at radius 2 is 2.27 bits per heavy atom. The highest BCUT2D eigenvalue weighted by Gasteiger charge is 2.10. The lowest BCUT2D eigenvalue weighted by Gasteiger charge is -2.08. The monoisotopic (exact) mass is 332 g/mol. The van der Waals surface area contributed by atoms with Crippen molar-refractivity contribution in [2.45, 2.75) is 0 Å². The first-order valence-corrected chi connectivity index (χ1v) is 5.60. The first kappa shape index (κ1) is 12.2. The van der Waals surface area contributed by atoms with E-state index in [2.05, 4.69) is 43.8 Å². The molecule has 0 aliphatic heterocycles. The van der Waals surface area contributed by atoms with E-state index in [1.165, 1.54) is 6.07 Å². The summed E-state index contributed by atoms with van der Waals surface area (Å²) in [5.74, 6) is -0.470. The topological polar surface area (TPSA) is 35.8 Å². The first-order valence-electron chi connectivity index (χ1n) is 4.01. The summed E-state index contributed by atoms with van der Waals surface area (Å²) < 4.78 is 14.5. The second-order valence-electron chi connectivity index (χ2n) is 2.77. The molecule has 0 bridgehead atoms. The van der Waals surface area contributed by atoms with Crippen molar-refractivity contribution in [1.82, 2.24) is 0 Å². The molecular weight excluding hydrogens is 327 g/mol. The molecule has 1 aromatic carbocycles. The predicted molar refractivity (Wildman–Crippen MR) is 65.4 cm³/mol. The van der Waals surface area contributed by atoms with Crippen molar-refractivity contribution in [2.24, 2.45) is 0 Å². The average molecular weight is 334 g/mol. The second kappa shape index (κ2) is 5.29. The van der Waals surface area contributed by atoms with Gasteiger partial charge in [0.2, 0.25) is 0 Å². The van der Waals surface area contributed by atoms with E-state index in [0.717, 1.165) is 4.48 Å². The lowest BCUT2D eigenvalue weighted by atomic mass is 10.2. The van der Waals surface area contributed by atoms with E-state index in [1.54, 1.807) is 6.07 Å². The van der Waals surface area contributed by atoms with Gasteiger partial charge >= 0.3 is 0 Å². The van der Waals surface area contributed by atoms with Crippen molar-refractivity contribution in [2.75, 3.05) is 11.9 Å². The van der Waals surface area contributed by atoms with E-state index in [0.29, 0.717) is 12.2 Å². The quantitative estimate of drug-likeness (QED) is 0.913. The van der Waals surface area contributed by atoms with Gasteiger partial charge in [-0.25, -0.2) is 4.39 Å². The summed E-state index contributed by atoms with van der Waals surface area (Å²) in [6, 6.07) is 4.96. The Morgan fingerprint density at radius 1 is 1.60 bits per heavy atom. The number of anilines is 1. The second-order valence-corrected chi connectivity index (χ2v) is 4.69. The highest BCUT2D eigenvalue weighted by Crippen LogP contribution is 2.26. The Morgan fingerprint density at radius 3 is 2.80 bits per heavy atom. The van der Waals surface area contributed by atoms with Gasteiger partial charge in [0.1, 0.15) is 6.07 Å². The van der Waals surface area contributed by atoms with E-state index in [9.17, 15) is 4.39 Å². The SMILES string of the molecule is C=C(Br)CNc1ccc(C#N)c(Br)c1F. The molecule has 2 nitrogen and oxygen atoms in total. The number of nitrogens with zero attached hydrogens (tertiary/aromatic N) is 1. The van der Waals surface area contributed by atoms with Crippen molar-refractivity contribution in [3.63, 3.8) is 0 Å². The summed E-state index contributed by atoms with van der Waals surface area (Å²) in [5, 5.41) is 11.5. The van der Waals surface area contributed by atoms with Gasteiger partial charge in [0.05, 0.1) is 15.7 Å². The molecule has 0 unspecified atom stereocenters. The van der Waals surface area contributed by atoms with E-state index >= 15 is 0 Å². The third-order valence-electron chi connectivity index (χ3n) is 1.67. The van der Waals surface area contributed by atoms with Gasteiger partial charge in [-0.05, 0) is 28.1 Å².